The number of aliphatic hydroxyl groups is 1. The number of aliphatic hydroxyl groups excluding tert-OH is 1. The van der Waals surface area contributed by atoms with Crippen molar-refractivity contribution in [2.75, 3.05) is 32.9 Å². The van der Waals surface area contributed by atoms with E-state index in [0.717, 1.165) is 19.5 Å². The van der Waals surface area contributed by atoms with Gasteiger partial charge in [-0.3, -0.25) is 0 Å². The molecule has 0 heterocycles. The average molecular weight is 219 g/mol. The van der Waals surface area contributed by atoms with Crippen molar-refractivity contribution in [2.24, 2.45) is 5.92 Å². The van der Waals surface area contributed by atoms with Crippen molar-refractivity contribution in [3.05, 3.63) is 0 Å². The Morgan fingerprint density at radius 2 is 1.80 bits per heavy atom. The summed E-state index contributed by atoms with van der Waals surface area (Å²) in [6, 6.07) is 0. The van der Waals surface area contributed by atoms with E-state index in [1.165, 1.54) is 0 Å². The molecule has 15 heavy (non-hydrogen) atoms. The molecule has 4 heteroatoms. The third-order valence-corrected chi connectivity index (χ3v) is 2.07. The summed E-state index contributed by atoms with van der Waals surface area (Å²) in [4.78, 5) is 0. The Bertz CT molecular complexity index is 127. The molecule has 0 aromatic rings. The second-order valence-electron chi connectivity index (χ2n) is 3.62. The van der Waals surface area contributed by atoms with Gasteiger partial charge in [0.1, 0.15) is 0 Å². The van der Waals surface area contributed by atoms with Gasteiger partial charge in [0.05, 0.1) is 0 Å². The molecule has 1 unspecified atom stereocenters. The van der Waals surface area contributed by atoms with Gasteiger partial charge in [0, 0.05) is 26.2 Å². The van der Waals surface area contributed by atoms with E-state index in [1.54, 1.807) is 0 Å². The van der Waals surface area contributed by atoms with Crippen LogP contribution in [0.3, 0.4) is 0 Å². The largest absolute Gasteiger partial charge is 0.396 e. The topological polar surface area (TPSA) is 50.7 Å². The zero-order valence-corrected chi connectivity index (χ0v) is 10.2. The molecule has 0 fully saturated rings. The van der Waals surface area contributed by atoms with Gasteiger partial charge in [-0.2, -0.15) is 0 Å². The third-order valence-electron chi connectivity index (χ3n) is 2.07. The minimum Gasteiger partial charge on any atom is -0.396 e. The van der Waals surface area contributed by atoms with E-state index in [9.17, 15) is 0 Å². The Morgan fingerprint density at radius 3 is 2.27 bits per heavy atom. The van der Waals surface area contributed by atoms with E-state index >= 15 is 0 Å². The number of hydrogen-bond donors (Lipinski definition) is 2. The van der Waals surface area contributed by atoms with Gasteiger partial charge in [0.25, 0.3) is 0 Å². The molecule has 0 aromatic heterocycles. The summed E-state index contributed by atoms with van der Waals surface area (Å²) in [6.45, 7) is 9.22. The molecule has 0 saturated heterocycles. The van der Waals surface area contributed by atoms with Crippen LogP contribution in [0.5, 0.6) is 0 Å². The van der Waals surface area contributed by atoms with Gasteiger partial charge in [-0.1, -0.05) is 6.92 Å². The predicted octanol–water partition coefficient (Wildman–Crippen LogP) is 0.994. The van der Waals surface area contributed by atoms with Crippen LogP contribution < -0.4 is 5.32 Å². The van der Waals surface area contributed by atoms with Gasteiger partial charge >= 0.3 is 0 Å². The van der Waals surface area contributed by atoms with Crippen molar-refractivity contribution >= 4 is 0 Å². The van der Waals surface area contributed by atoms with Crippen LogP contribution >= 0.6 is 0 Å². The SMILES string of the molecule is CCOC(CCNCC(C)CO)OCC. The molecule has 1 atom stereocenters. The molecule has 0 aliphatic carbocycles. The highest BCUT2D eigenvalue weighted by Crippen LogP contribution is 2.00. The zero-order valence-electron chi connectivity index (χ0n) is 10.2. The van der Waals surface area contributed by atoms with Crippen molar-refractivity contribution in [3.63, 3.8) is 0 Å². The molecule has 0 saturated carbocycles. The van der Waals surface area contributed by atoms with Crippen LogP contribution in [0.2, 0.25) is 0 Å². The maximum atomic E-state index is 8.82. The second kappa shape index (κ2) is 10.4. The summed E-state index contributed by atoms with van der Waals surface area (Å²) in [5.74, 6) is 0.308. The third kappa shape index (κ3) is 8.81. The van der Waals surface area contributed by atoms with Gasteiger partial charge in [-0.25, -0.2) is 0 Å². The summed E-state index contributed by atoms with van der Waals surface area (Å²) in [5.41, 5.74) is 0. The molecule has 0 rings (SSSR count). The molecule has 0 aliphatic heterocycles. The van der Waals surface area contributed by atoms with E-state index < -0.39 is 0 Å². The predicted molar refractivity (Wildman–Crippen MR) is 60.8 cm³/mol. The quantitative estimate of drug-likeness (QED) is 0.425. The summed E-state index contributed by atoms with van der Waals surface area (Å²) in [7, 11) is 0. The van der Waals surface area contributed by atoms with Gasteiger partial charge in [-0.15, -0.1) is 0 Å². The van der Waals surface area contributed by atoms with Crippen LogP contribution in [0.4, 0.5) is 0 Å². The Kier molecular flexibility index (Phi) is 10.3. The molecular formula is C11H25NO3. The first kappa shape index (κ1) is 14.8. The highest BCUT2D eigenvalue weighted by Gasteiger charge is 2.07. The molecule has 4 nitrogen and oxygen atoms in total. The molecule has 0 aromatic carbocycles. The van der Waals surface area contributed by atoms with Gasteiger partial charge in [0.15, 0.2) is 6.29 Å². The smallest absolute Gasteiger partial charge is 0.158 e. The molecule has 0 aliphatic rings. The van der Waals surface area contributed by atoms with E-state index in [1.807, 2.05) is 20.8 Å². The highest BCUT2D eigenvalue weighted by molar-refractivity contribution is 4.56. The van der Waals surface area contributed by atoms with Crippen LogP contribution in [0, 0.1) is 5.92 Å². The molecule has 0 spiro atoms. The van der Waals surface area contributed by atoms with Crippen LogP contribution in [0.1, 0.15) is 27.2 Å². The van der Waals surface area contributed by atoms with E-state index in [0.29, 0.717) is 19.1 Å². The molecule has 0 amide bonds. The maximum Gasteiger partial charge on any atom is 0.158 e. The number of hydrogen-bond acceptors (Lipinski definition) is 4. The Morgan fingerprint density at radius 1 is 1.20 bits per heavy atom. The lowest BCUT2D eigenvalue weighted by atomic mass is 10.2. The normalized spacial score (nSPS) is 13.4. The minimum atomic E-state index is -0.100. The van der Waals surface area contributed by atoms with Crippen LogP contribution in [-0.2, 0) is 9.47 Å². The maximum absolute atomic E-state index is 8.82. The molecule has 0 bridgehead atoms. The molecule has 2 N–H and O–H groups in total. The van der Waals surface area contributed by atoms with Crippen LogP contribution in [-0.4, -0.2) is 44.3 Å². The summed E-state index contributed by atoms with van der Waals surface area (Å²) < 4.78 is 10.8. The standard InChI is InChI=1S/C11H25NO3/c1-4-14-11(15-5-2)6-7-12-8-10(3)9-13/h10-13H,4-9H2,1-3H3. The number of nitrogens with one attached hydrogen (secondary N) is 1. The first-order valence-corrected chi connectivity index (χ1v) is 5.79. The lowest BCUT2D eigenvalue weighted by Crippen LogP contribution is -2.28. The van der Waals surface area contributed by atoms with E-state index in [4.69, 9.17) is 14.6 Å². The molecular weight excluding hydrogens is 194 g/mol. The second-order valence-corrected chi connectivity index (χ2v) is 3.62. The van der Waals surface area contributed by atoms with Gasteiger partial charge in [-0.05, 0) is 32.9 Å². The van der Waals surface area contributed by atoms with Crippen LogP contribution in [0.25, 0.3) is 0 Å². The Balaban J connectivity index is 3.43. The fraction of sp³-hybridized carbons (Fsp3) is 1.00. The van der Waals surface area contributed by atoms with Crippen LogP contribution in [0.15, 0.2) is 0 Å². The summed E-state index contributed by atoms with van der Waals surface area (Å²) in [5, 5.41) is 12.1. The van der Waals surface area contributed by atoms with Gasteiger partial charge < -0.3 is 19.9 Å². The van der Waals surface area contributed by atoms with Crippen molar-refractivity contribution in [1.82, 2.24) is 5.32 Å². The van der Waals surface area contributed by atoms with E-state index in [-0.39, 0.29) is 12.9 Å². The van der Waals surface area contributed by atoms with Crippen molar-refractivity contribution < 1.29 is 14.6 Å². The first-order chi connectivity index (χ1) is 7.24. The highest BCUT2D eigenvalue weighted by atomic mass is 16.7. The Labute approximate surface area is 93.0 Å². The lowest BCUT2D eigenvalue weighted by molar-refractivity contribution is -0.138. The fourth-order valence-electron chi connectivity index (χ4n) is 1.22. The summed E-state index contributed by atoms with van der Waals surface area (Å²) in [6.07, 6.45) is 0.747. The molecule has 0 radical (unpaired) electrons. The first-order valence-electron chi connectivity index (χ1n) is 5.79. The Hall–Kier alpha value is -0.160. The number of ether oxygens (including phenoxy) is 2. The summed E-state index contributed by atoms with van der Waals surface area (Å²) >= 11 is 0. The van der Waals surface area contributed by atoms with Crippen molar-refractivity contribution in [2.45, 2.75) is 33.5 Å². The minimum absolute atomic E-state index is 0.100. The van der Waals surface area contributed by atoms with Crippen molar-refractivity contribution in [3.8, 4) is 0 Å². The monoisotopic (exact) mass is 219 g/mol. The van der Waals surface area contributed by atoms with Crippen molar-refractivity contribution in [1.29, 1.82) is 0 Å². The zero-order chi connectivity index (χ0) is 11.5. The number of rotatable bonds is 10. The van der Waals surface area contributed by atoms with E-state index in [2.05, 4.69) is 5.32 Å². The molecule has 92 valence electrons. The average Bonchev–Trinajstić information content (AvgIpc) is 2.24. The lowest BCUT2D eigenvalue weighted by Gasteiger charge is -2.17. The fourth-order valence-corrected chi connectivity index (χ4v) is 1.22. The van der Waals surface area contributed by atoms with Gasteiger partial charge in [0.2, 0.25) is 0 Å².